The zero-order chi connectivity index (χ0) is 14.5. The van der Waals surface area contributed by atoms with Gasteiger partial charge in [0.2, 0.25) is 0 Å². The summed E-state index contributed by atoms with van der Waals surface area (Å²) in [7, 11) is 0. The van der Waals surface area contributed by atoms with Crippen molar-refractivity contribution >= 4 is 11.7 Å². The van der Waals surface area contributed by atoms with Gasteiger partial charge in [0.25, 0.3) is 0 Å². The van der Waals surface area contributed by atoms with Crippen molar-refractivity contribution in [3.8, 4) is 0 Å². The number of anilines is 1. The molecule has 2 N–H and O–H groups in total. The molecule has 2 rings (SSSR count). The van der Waals surface area contributed by atoms with Crippen LogP contribution >= 0.6 is 0 Å². The van der Waals surface area contributed by atoms with E-state index in [4.69, 9.17) is 5.21 Å². The molecule has 0 heterocycles. The number of hydrogen-bond acceptors (Lipinski definition) is 4. The van der Waals surface area contributed by atoms with Gasteiger partial charge < -0.3 is 15.5 Å². The van der Waals surface area contributed by atoms with Gasteiger partial charge in [0.15, 0.2) is 0 Å². The van der Waals surface area contributed by atoms with Crippen LogP contribution in [0.2, 0.25) is 0 Å². The maximum atomic E-state index is 11.4. The summed E-state index contributed by atoms with van der Waals surface area (Å²) in [6.45, 7) is 0. The van der Waals surface area contributed by atoms with Gasteiger partial charge in [-0.3, -0.25) is 10.0 Å². The Morgan fingerprint density at radius 2 is 1.70 bits per heavy atom. The molecular weight excluding hydrogens is 258 g/mol. The minimum atomic E-state index is -0.895. The largest absolute Gasteiger partial charge is 0.733 e. The fourth-order valence-corrected chi connectivity index (χ4v) is 2.03. The van der Waals surface area contributed by atoms with Gasteiger partial charge in [-0.05, 0) is 29.7 Å². The van der Waals surface area contributed by atoms with Crippen molar-refractivity contribution in [2.45, 2.75) is 12.3 Å². The first-order chi connectivity index (χ1) is 9.58. The molecule has 0 bridgehead atoms. The third-order valence-electron chi connectivity index (χ3n) is 3.10. The lowest BCUT2D eigenvalue weighted by Gasteiger charge is -2.21. The summed E-state index contributed by atoms with van der Waals surface area (Å²) in [4.78, 5) is 11.4. The van der Waals surface area contributed by atoms with Crippen LogP contribution in [0.3, 0.4) is 0 Å². The van der Waals surface area contributed by atoms with Crippen LogP contribution in [0.4, 0.5) is 5.69 Å². The number of rotatable bonds is 5. The molecule has 104 valence electrons. The first kappa shape index (κ1) is 14.0. The molecule has 2 aromatic carbocycles. The SMILES string of the molecule is O=C(O)[C@@H](Cc1ccc(N([O-])O)cc1)c1ccccc1. The summed E-state index contributed by atoms with van der Waals surface area (Å²) in [6.07, 6.45) is 0.323. The van der Waals surface area contributed by atoms with Crippen LogP contribution in [0.1, 0.15) is 17.0 Å². The second kappa shape index (κ2) is 6.18. The van der Waals surface area contributed by atoms with Gasteiger partial charge in [0.05, 0.1) is 11.6 Å². The van der Waals surface area contributed by atoms with Crippen LogP contribution in [0.5, 0.6) is 0 Å². The van der Waals surface area contributed by atoms with Crippen molar-refractivity contribution in [2.75, 3.05) is 5.23 Å². The van der Waals surface area contributed by atoms with Gasteiger partial charge in [0, 0.05) is 0 Å². The molecule has 2 aromatic rings. The Bertz CT molecular complexity index is 566. The molecule has 1 atom stereocenters. The Balaban J connectivity index is 2.19. The molecule has 0 amide bonds. The molecule has 0 radical (unpaired) electrons. The lowest BCUT2D eigenvalue weighted by atomic mass is 9.92. The molecule has 0 aliphatic carbocycles. The highest BCUT2D eigenvalue weighted by molar-refractivity contribution is 5.76. The highest BCUT2D eigenvalue weighted by Crippen LogP contribution is 2.22. The van der Waals surface area contributed by atoms with Crippen molar-refractivity contribution in [2.24, 2.45) is 0 Å². The zero-order valence-corrected chi connectivity index (χ0v) is 10.6. The van der Waals surface area contributed by atoms with E-state index >= 15 is 0 Å². The maximum absolute atomic E-state index is 11.4. The molecule has 0 aliphatic heterocycles. The Morgan fingerprint density at radius 1 is 1.10 bits per heavy atom. The summed E-state index contributed by atoms with van der Waals surface area (Å²) in [5, 5.41) is 28.5. The number of carbonyl (C=O) groups is 1. The summed E-state index contributed by atoms with van der Waals surface area (Å²) in [5.41, 5.74) is 1.63. The van der Waals surface area contributed by atoms with Crippen LogP contribution in [0, 0.1) is 5.21 Å². The van der Waals surface area contributed by atoms with E-state index in [2.05, 4.69) is 0 Å². The van der Waals surface area contributed by atoms with E-state index < -0.39 is 11.9 Å². The van der Waals surface area contributed by atoms with E-state index in [0.29, 0.717) is 6.42 Å². The summed E-state index contributed by atoms with van der Waals surface area (Å²) >= 11 is 0. The smallest absolute Gasteiger partial charge is 0.311 e. The molecule has 0 fully saturated rings. The third kappa shape index (κ3) is 3.34. The van der Waals surface area contributed by atoms with Crippen LogP contribution < -0.4 is 5.23 Å². The Hall–Kier alpha value is -2.37. The summed E-state index contributed by atoms with van der Waals surface area (Å²) < 4.78 is 0. The van der Waals surface area contributed by atoms with E-state index in [1.54, 1.807) is 36.4 Å². The quantitative estimate of drug-likeness (QED) is 0.818. The Kier molecular flexibility index (Phi) is 4.34. The molecule has 0 aromatic heterocycles. The fourth-order valence-electron chi connectivity index (χ4n) is 2.03. The lowest BCUT2D eigenvalue weighted by molar-refractivity contribution is -0.138. The second-order valence-electron chi connectivity index (χ2n) is 4.45. The van der Waals surface area contributed by atoms with Crippen LogP contribution in [-0.2, 0) is 11.2 Å². The van der Waals surface area contributed by atoms with Gasteiger partial charge in [-0.15, -0.1) is 0 Å². The molecular formula is C15H14NO4-. The third-order valence-corrected chi connectivity index (χ3v) is 3.10. The number of hydrogen-bond donors (Lipinski definition) is 2. The first-order valence-corrected chi connectivity index (χ1v) is 6.11. The van der Waals surface area contributed by atoms with Gasteiger partial charge in [-0.2, -0.15) is 0 Å². The number of benzene rings is 2. The van der Waals surface area contributed by atoms with Gasteiger partial charge in [-0.25, -0.2) is 0 Å². The highest BCUT2D eigenvalue weighted by atomic mass is 16.8. The summed E-state index contributed by atoms with van der Waals surface area (Å²) in [5.74, 6) is -1.53. The number of aliphatic carboxylic acids is 1. The zero-order valence-electron chi connectivity index (χ0n) is 10.6. The fraction of sp³-hybridized carbons (Fsp3) is 0.133. The molecule has 0 saturated carbocycles. The second-order valence-corrected chi connectivity index (χ2v) is 4.45. The predicted octanol–water partition coefficient (Wildman–Crippen LogP) is 2.79. The van der Waals surface area contributed by atoms with E-state index in [1.807, 2.05) is 6.07 Å². The minimum Gasteiger partial charge on any atom is -0.733 e. The van der Waals surface area contributed by atoms with Gasteiger partial charge >= 0.3 is 5.97 Å². The van der Waals surface area contributed by atoms with Crippen molar-refractivity contribution in [1.29, 1.82) is 0 Å². The molecule has 0 spiro atoms. The van der Waals surface area contributed by atoms with E-state index in [-0.39, 0.29) is 10.9 Å². The van der Waals surface area contributed by atoms with Crippen molar-refractivity contribution in [3.63, 3.8) is 0 Å². The standard InChI is InChI=1S/C15H14NO4/c17-15(18)14(12-4-2-1-3-5-12)10-11-6-8-13(9-7-11)16(19)20/h1-9,14,19H,10H2,(H,17,18)/q-1/t14-/m0/s1. The molecule has 0 aliphatic rings. The Morgan fingerprint density at radius 3 is 2.20 bits per heavy atom. The number of carboxylic acid groups (broad SMARTS) is 1. The molecule has 0 unspecified atom stereocenters. The summed E-state index contributed by atoms with van der Waals surface area (Å²) in [6, 6.07) is 15.2. The van der Waals surface area contributed by atoms with Crippen molar-refractivity contribution < 1.29 is 15.1 Å². The van der Waals surface area contributed by atoms with E-state index in [0.717, 1.165) is 11.1 Å². The number of nitrogens with zero attached hydrogens (tertiary/aromatic N) is 1. The normalized spacial score (nSPS) is 11.9. The molecule has 5 nitrogen and oxygen atoms in total. The predicted molar refractivity (Wildman–Crippen MR) is 74.6 cm³/mol. The topological polar surface area (TPSA) is 83.8 Å². The lowest BCUT2D eigenvalue weighted by Crippen LogP contribution is -2.14. The van der Waals surface area contributed by atoms with E-state index in [9.17, 15) is 15.1 Å². The van der Waals surface area contributed by atoms with Crippen LogP contribution in [0.15, 0.2) is 54.6 Å². The molecule has 5 heteroatoms. The van der Waals surface area contributed by atoms with Gasteiger partial charge in [-0.1, -0.05) is 42.5 Å². The number of carboxylic acids is 1. The molecule has 20 heavy (non-hydrogen) atoms. The van der Waals surface area contributed by atoms with Crippen LogP contribution in [0.25, 0.3) is 0 Å². The maximum Gasteiger partial charge on any atom is 0.311 e. The van der Waals surface area contributed by atoms with Crippen LogP contribution in [-0.4, -0.2) is 16.3 Å². The monoisotopic (exact) mass is 272 g/mol. The average Bonchev–Trinajstić information content (AvgIpc) is 2.46. The first-order valence-electron chi connectivity index (χ1n) is 6.11. The highest BCUT2D eigenvalue weighted by Gasteiger charge is 2.19. The van der Waals surface area contributed by atoms with E-state index in [1.165, 1.54) is 12.1 Å². The van der Waals surface area contributed by atoms with Crippen molar-refractivity contribution in [1.82, 2.24) is 0 Å². The molecule has 0 saturated heterocycles. The Labute approximate surface area is 116 Å². The van der Waals surface area contributed by atoms with Crippen molar-refractivity contribution in [3.05, 3.63) is 70.9 Å². The van der Waals surface area contributed by atoms with Gasteiger partial charge in [0.1, 0.15) is 0 Å². The average molecular weight is 272 g/mol. The minimum absolute atomic E-state index is 0.111.